The molecule has 4 nitrogen and oxygen atoms in total. The number of thiocarbonyl (C=S) groups is 1. The molecule has 1 aromatic heterocycles. The topological polar surface area (TPSA) is 41.9 Å². The second kappa shape index (κ2) is 6.51. The quantitative estimate of drug-likeness (QED) is 0.848. The maximum Gasteiger partial charge on any atom is 0.170 e. The van der Waals surface area contributed by atoms with Gasteiger partial charge in [0.1, 0.15) is 0 Å². The number of nitrogens with zero attached hydrogens (tertiary/aromatic N) is 2. The summed E-state index contributed by atoms with van der Waals surface area (Å²) in [5, 5.41) is 11.0. The van der Waals surface area contributed by atoms with Gasteiger partial charge in [0, 0.05) is 18.4 Å². The summed E-state index contributed by atoms with van der Waals surface area (Å²) in [6, 6.07) is 9.84. The zero-order valence-corrected chi connectivity index (χ0v) is 12.0. The van der Waals surface area contributed by atoms with Crippen molar-refractivity contribution >= 4 is 38.9 Å². The molecule has 0 unspecified atom stereocenters. The normalized spacial score (nSPS) is 10.1. The van der Waals surface area contributed by atoms with Gasteiger partial charge in [-0.15, -0.1) is 0 Å². The van der Waals surface area contributed by atoms with Crippen LogP contribution in [0, 0.1) is 0 Å². The van der Waals surface area contributed by atoms with E-state index >= 15 is 0 Å². The Balaban J connectivity index is 1.72. The minimum Gasteiger partial charge on any atom is -0.361 e. The fourth-order valence-corrected chi connectivity index (χ4v) is 1.99. The largest absolute Gasteiger partial charge is 0.361 e. The van der Waals surface area contributed by atoms with Gasteiger partial charge in [-0.3, -0.25) is 4.68 Å². The predicted molar refractivity (Wildman–Crippen MR) is 80.6 cm³/mol. The lowest BCUT2D eigenvalue weighted by molar-refractivity contribution is 0.604. The van der Waals surface area contributed by atoms with Crippen LogP contribution in [-0.4, -0.2) is 21.4 Å². The highest BCUT2D eigenvalue weighted by molar-refractivity contribution is 9.10. The first-order valence-corrected chi connectivity index (χ1v) is 6.72. The smallest absolute Gasteiger partial charge is 0.170 e. The molecule has 0 saturated heterocycles. The molecule has 0 aliphatic rings. The van der Waals surface area contributed by atoms with Gasteiger partial charge in [-0.2, -0.15) is 5.10 Å². The van der Waals surface area contributed by atoms with Crippen LogP contribution >= 0.6 is 28.1 Å². The van der Waals surface area contributed by atoms with Crippen molar-refractivity contribution in [3.8, 4) is 0 Å². The van der Waals surface area contributed by atoms with Gasteiger partial charge >= 0.3 is 0 Å². The lowest BCUT2D eigenvalue weighted by Gasteiger charge is -2.10. The van der Waals surface area contributed by atoms with Gasteiger partial charge in [-0.25, -0.2) is 0 Å². The summed E-state index contributed by atoms with van der Waals surface area (Å²) in [7, 11) is 0. The molecule has 94 valence electrons. The molecule has 0 aliphatic carbocycles. The number of halogens is 1. The Kier molecular flexibility index (Phi) is 4.72. The molecule has 0 atom stereocenters. The molecule has 2 N–H and O–H groups in total. The fraction of sp³-hybridized carbons (Fsp3) is 0.167. The molecule has 0 aliphatic heterocycles. The SMILES string of the molecule is S=C(NCCn1cc(Br)cn1)Nc1ccccc1. The standard InChI is InChI=1S/C12H13BrN4S/c13-10-8-15-17(9-10)7-6-14-12(18)16-11-4-2-1-3-5-11/h1-5,8-9H,6-7H2,(H2,14,16,18). The van der Waals surface area contributed by atoms with Crippen molar-refractivity contribution in [3.05, 3.63) is 47.2 Å². The molecule has 1 aromatic carbocycles. The van der Waals surface area contributed by atoms with Crippen molar-refractivity contribution in [3.63, 3.8) is 0 Å². The molecule has 2 rings (SSSR count). The van der Waals surface area contributed by atoms with Crippen LogP contribution in [0.3, 0.4) is 0 Å². The van der Waals surface area contributed by atoms with E-state index in [0.29, 0.717) is 5.11 Å². The van der Waals surface area contributed by atoms with Crippen molar-refractivity contribution in [1.82, 2.24) is 15.1 Å². The average Bonchev–Trinajstić information content (AvgIpc) is 2.76. The van der Waals surface area contributed by atoms with Crippen LogP contribution < -0.4 is 10.6 Å². The van der Waals surface area contributed by atoms with E-state index in [4.69, 9.17) is 12.2 Å². The zero-order valence-electron chi connectivity index (χ0n) is 9.64. The van der Waals surface area contributed by atoms with E-state index in [0.717, 1.165) is 23.2 Å². The first-order valence-electron chi connectivity index (χ1n) is 5.52. The van der Waals surface area contributed by atoms with Gasteiger partial charge < -0.3 is 10.6 Å². The first-order chi connectivity index (χ1) is 8.74. The van der Waals surface area contributed by atoms with Crippen molar-refractivity contribution in [2.24, 2.45) is 0 Å². The highest BCUT2D eigenvalue weighted by atomic mass is 79.9. The molecule has 0 spiro atoms. The lowest BCUT2D eigenvalue weighted by Crippen LogP contribution is -2.31. The molecule has 0 bridgehead atoms. The summed E-state index contributed by atoms with van der Waals surface area (Å²) in [5.41, 5.74) is 0.983. The molecular formula is C12H13BrN4S. The number of hydrogen-bond acceptors (Lipinski definition) is 2. The van der Waals surface area contributed by atoms with Gasteiger partial charge in [0.05, 0.1) is 17.2 Å². The molecule has 0 saturated carbocycles. The van der Waals surface area contributed by atoms with E-state index in [1.165, 1.54) is 0 Å². The Morgan fingerprint density at radius 3 is 2.78 bits per heavy atom. The summed E-state index contributed by atoms with van der Waals surface area (Å²) < 4.78 is 2.83. The maximum atomic E-state index is 5.20. The third kappa shape index (κ3) is 4.12. The minimum absolute atomic E-state index is 0.618. The van der Waals surface area contributed by atoms with Crippen molar-refractivity contribution in [2.45, 2.75) is 6.54 Å². The Bertz CT molecular complexity index is 512. The van der Waals surface area contributed by atoms with E-state index in [1.807, 2.05) is 41.2 Å². The number of nitrogens with one attached hydrogen (secondary N) is 2. The Labute approximate surface area is 120 Å². The highest BCUT2D eigenvalue weighted by Gasteiger charge is 1.98. The van der Waals surface area contributed by atoms with E-state index in [2.05, 4.69) is 31.7 Å². The molecule has 0 radical (unpaired) electrons. The zero-order chi connectivity index (χ0) is 12.8. The molecule has 0 amide bonds. The minimum atomic E-state index is 0.618. The third-order valence-electron chi connectivity index (χ3n) is 2.26. The van der Waals surface area contributed by atoms with E-state index in [-0.39, 0.29) is 0 Å². The van der Waals surface area contributed by atoms with Crippen LogP contribution in [0.25, 0.3) is 0 Å². The second-order valence-electron chi connectivity index (χ2n) is 3.67. The van der Waals surface area contributed by atoms with Gasteiger partial charge in [0.25, 0.3) is 0 Å². The van der Waals surface area contributed by atoms with Gasteiger partial charge in [-0.05, 0) is 40.3 Å². The van der Waals surface area contributed by atoms with Gasteiger partial charge in [0.15, 0.2) is 5.11 Å². The van der Waals surface area contributed by atoms with Crippen LogP contribution in [0.4, 0.5) is 5.69 Å². The average molecular weight is 325 g/mol. The summed E-state index contributed by atoms with van der Waals surface area (Å²) in [4.78, 5) is 0. The van der Waals surface area contributed by atoms with Crippen LogP contribution in [0.2, 0.25) is 0 Å². The fourth-order valence-electron chi connectivity index (χ4n) is 1.44. The molecule has 0 fully saturated rings. The first kappa shape index (κ1) is 13.0. The van der Waals surface area contributed by atoms with E-state index in [1.54, 1.807) is 6.20 Å². The van der Waals surface area contributed by atoms with Crippen LogP contribution in [0.5, 0.6) is 0 Å². The van der Waals surface area contributed by atoms with Crippen molar-refractivity contribution < 1.29 is 0 Å². The van der Waals surface area contributed by atoms with Crippen LogP contribution in [0.15, 0.2) is 47.2 Å². The van der Waals surface area contributed by atoms with Gasteiger partial charge in [-0.1, -0.05) is 18.2 Å². The molecule has 6 heteroatoms. The van der Waals surface area contributed by atoms with Gasteiger partial charge in [0.2, 0.25) is 0 Å². The van der Waals surface area contributed by atoms with Crippen LogP contribution in [0.1, 0.15) is 0 Å². The van der Waals surface area contributed by atoms with Crippen molar-refractivity contribution in [2.75, 3.05) is 11.9 Å². The van der Waals surface area contributed by atoms with E-state index in [9.17, 15) is 0 Å². The Morgan fingerprint density at radius 1 is 1.33 bits per heavy atom. The number of aromatic nitrogens is 2. The Morgan fingerprint density at radius 2 is 2.11 bits per heavy atom. The van der Waals surface area contributed by atoms with Crippen LogP contribution in [-0.2, 0) is 6.54 Å². The lowest BCUT2D eigenvalue weighted by atomic mass is 10.3. The third-order valence-corrected chi connectivity index (χ3v) is 2.92. The molecule has 2 aromatic rings. The molecule has 1 heterocycles. The second-order valence-corrected chi connectivity index (χ2v) is 4.99. The molecule has 18 heavy (non-hydrogen) atoms. The number of para-hydroxylation sites is 1. The Hall–Kier alpha value is -1.40. The van der Waals surface area contributed by atoms with Crippen molar-refractivity contribution in [1.29, 1.82) is 0 Å². The summed E-state index contributed by atoms with van der Waals surface area (Å²) in [6.07, 6.45) is 3.69. The number of benzene rings is 1. The monoisotopic (exact) mass is 324 g/mol. The summed E-state index contributed by atoms with van der Waals surface area (Å²) in [5.74, 6) is 0. The predicted octanol–water partition coefficient (Wildman–Crippen LogP) is 2.63. The number of hydrogen-bond donors (Lipinski definition) is 2. The number of anilines is 1. The summed E-state index contributed by atoms with van der Waals surface area (Å²) >= 11 is 8.55. The highest BCUT2D eigenvalue weighted by Crippen LogP contribution is 2.06. The summed E-state index contributed by atoms with van der Waals surface area (Å²) in [6.45, 7) is 1.50. The van der Waals surface area contributed by atoms with E-state index < -0.39 is 0 Å². The maximum absolute atomic E-state index is 5.20. The number of rotatable bonds is 4. The molecular weight excluding hydrogens is 312 g/mol.